The minimum Gasteiger partial charge on any atom is -0.487 e. The van der Waals surface area contributed by atoms with E-state index in [1.807, 2.05) is 18.2 Å². The quantitative estimate of drug-likeness (QED) is 0.611. The molecule has 0 unspecified atom stereocenters. The van der Waals surface area contributed by atoms with Crippen LogP contribution in [0.4, 0.5) is 0 Å². The third-order valence-electron chi connectivity index (χ3n) is 2.83. The molecule has 0 amide bonds. The van der Waals surface area contributed by atoms with E-state index in [9.17, 15) is 0 Å². The molecule has 0 atom stereocenters. The van der Waals surface area contributed by atoms with E-state index in [1.165, 1.54) is 10.4 Å². The van der Waals surface area contributed by atoms with Crippen molar-refractivity contribution >= 4 is 43.2 Å². The molecule has 20 heavy (non-hydrogen) atoms. The molecule has 0 radical (unpaired) electrons. The van der Waals surface area contributed by atoms with Crippen molar-refractivity contribution in [3.8, 4) is 5.75 Å². The number of rotatable bonds is 7. The number of para-hydroxylation sites is 1. The zero-order chi connectivity index (χ0) is 14.4. The number of benzene rings is 1. The van der Waals surface area contributed by atoms with Crippen LogP contribution in [0.15, 0.2) is 38.6 Å². The molecule has 2 rings (SSSR count). The maximum absolute atomic E-state index is 6.02. The van der Waals surface area contributed by atoms with Gasteiger partial charge in [0, 0.05) is 16.6 Å². The van der Waals surface area contributed by atoms with Gasteiger partial charge in [-0.05, 0) is 62.3 Å². The molecule has 0 bridgehead atoms. The van der Waals surface area contributed by atoms with Gasteiger partial charge in [-0.1, -0.05) is 19.1 Å². The molecular weight excluding hydrogens is 402 g/mol. The highest BCUT2D eigenvalue weighted by Gasteiger charge is 2.09. The first kappa shape index (κ1) is 16.0. The third-order valence-corrected chi connectivity index (χ3v) is 5.35. The van der Waals surface area contributed by atoms with E-state index in [0.717, 1.165) is 34.2 Å². The number of nitrogens with one attached hydrogen (secondary N) is 1. The van der Waals surface area contributed by atoms with Gasteiger partial charge in [0.25, 0.3) is 0 Å². The van der Waals surface area contributed by atoms with Crippen LogP contribution in [0.2, 0.25) is 0 Å². The first-order valence-corrected chi connectivity index (χ1v) is 9.01. The third kappa shape index (κ3) is 4.32. The molecule has 1 aromatic carbocycles. The van der Waals surface area contributed by atoms with Crippen molar-refractivity contribution in [3.63, 3.8) is 0 Å². The predicted octanol–water partition coefficient (Wildman–Crippen LogP) is 5.35. The van der Waals surface area contributed by atoms with Crippen LogP contribution >= 0.6 is 43.2 Å². The molecule has 0 spiro atoms. The molecule has 2 aromatic rings. The minimum absolute atomic E-state index is 0.585. The fourth-order valence-corrected chi connectivity index (χ4v) is 3.72. The smallest absolute Gasteiger partial charge is 0.138 e. The van der Waals surface area contributed by atoms with Gasteiger partial charge in [-0.25, -0.2) is 0 Å². The van der Waals surface area contributed by atoms with Gasteiger partial charge in [0.15, 0.2) is 0 Å². The van der Waals surface area contributed by atoms with E-state index >= 15 is 0 Å². The van der Waals surface area contributed by atoms with E-state index in [0.29, 0.717) is 6.61 Å². The average Bonchev–Trinajstić information content (AvgIpc) is 2.84. The standard InChI is InChI=1S/C15H17Br2NOS/c1-2-7-18-9-11-4-3-5-13(17)15(11)19-10-14-12(16)6-8-20-14/h3-6,8,18H,2,7,9-10H2,1H3. The van der Waals surface area contributed by atoms with Crippen LogP contribution in [-0.2, 0) is 13.2 Å². The lowest BCUT2D eigenvalue weighted by molar-refractivity contribution is 0.303. The van der Waals surface area contributed by atoms with Crippen molar-refractivity contribution in [2.24, 2.45) is 0 Å². The fourth-order valence-electron chi connectivity index (χ4n) is 1.82. The Morgan fingerprint density at radius 2 is 2.05 bits per heavy atom. The maximum Gasteiger partial charge on any atom is 0.138 e. The van der Waals surface area contributed by atoms with Gasteiger partial charge in [0.2, 0.25) is 0 Å². The van der Waals surface area contributed by atoms with Crippen molar-refractivity contribution in [2.45, 2.75) is 26.5 Å². The highest BCUT2D eigenvalue weighted by atomic mass is 79.9. The van der Waals surface area contributed by atoms with Crippen molar-refractivity contribution in [1.82, 2.24) is 5.32 Å². The molecular formula is C15H17Br2NOS. The SMILES string of the molecule is CCCNCc1cccc(Br)c1OCc1sccc1Br. The number of hydrogen-bond acceptors (Lipinski definition) is 3. The Bertz CT molecular complexity index is 557. The fraction of sp³-hybridized carbons (Fsp3) is 0.333. The monoisotopic (exact) mass is 417 g/mol. The topological polar surface area (TPSA) is 21.3 Å². The Hall–Kier alpha value is -0.360. The second kappa shape index (κ2) is 8.17. The first-order chi connectivity index (χ1) is 9.72. The van der Waals surface area contributed by atoms with Gasteiger partial charge in [-0.3, -0.25) is 0 Å². The Kier molecular flexibility index (Phi) is 6.55. The van der Waals surface area contributed by atoms with Crippen LogP contribution < -0.4 is 10.1 Å². The Labute approximate surface area is 140 Å². The summed E-state index contributed by atoms with van der Waals surface area (Å²) >= 11 is 8.81. The number of ether oxygens (including phenoxy) is 1. The molecule has 0 aliphatic heterocycles. The average molecular weight is 419 g/mol. The normalized spacial score (nSPS) is 10.8. The van der Waals surface area contributed by atoms with Crippen LogP contribution in [-0.4, -0.2) is 6.54 Å². The van der Waals surface area contributed by atoms with E-state index in [1.54, 1.807) is 11.3 Å². The summed E-state index contributed by atoms with van der Waals surface area (Å²) in [4.78, 5) is 1.20. The van der Waals surface area contributed by atoms with Gasteiger partial charge < -0.3 is 10.1 Å². The summed E-state index contributed by atoms with van der Waals surface area (Å²) in [5.41, 5.74) is 1.18. The minimum atomic E-state index is 0.585. The Morgan fingerprint density at radius 3 is 2.75 bits per heavy atom. The highest BCUT2D eigenvalue weighted by molar-refractivity contribution is 9.10. The molecule has 0 saturated carbocycles. The predicted molar refractivity (Wildman–Crippen MR) is 92.5 cm³/mol. The van der Waals surface area contributed by atoms with Crippen LogP contribution in [0.25, 0.3) is 0 Å². The summed E-state index contributed by atoms with van der Waals surface area (Å²) < 4.78 is 8.13. The molecule has 0 aliphatic rings. The lowest BCUT2D eigenvalue weighted by atomic mass is 10.2. The van der Waals surface area contributed by atoms with Crippen LogP contribution in [0.1, 0.15) is 23.8 Å². The zero-order valence-electron chi connectivity index (χ0n) is 11.3. The summed E-state index contributed by atoms with van der Waals surface area (Å²) in [6.45, 7) is 4.60. The van der Waals surface area contributed by atoms with E-state index in [4.69, 9.17) is 4.74 Å². The van der Waals surface area contributed by atoms with Gasteiger partial charge in [-0.2, -0.15) is 0 Å². The van der Waals surface area contributed by atoms with Gasteiger partial charge in [-0.15, -0.1) is 11.3 Å². The molecule has 5 heteroatoms. The second-order valence-corrected chi connectivity index (χ2v) is 7.09. The van der Waals surface area contributed by atoms with E-state index in [-0.39, 0.29) is 0 Å². The molecule has 1 aromatic heterocycles. The van der Waals surface area contributed by atoms with Gasteiger partial charge in [0.05, 0.1) is 9.35 Å². The molecule has 1 N–H and O–H groups in total. The van der Waals surface area contributed by atoms with Crippen LogP contribution in [0.3, 0.4) is 0 Å². The molecule has 108 valence electrons. The van der Waals surface area contributed by atoms with Crippen molar-refractivity contribution in [2.75, 3.05) is 6.54 Å². The molecule has 0 aliphatic carbocycles. The van der Waals surface area contributed by atoms with Crippen molar-refractivity contribution in [3.05, 3.63) is 49.0 Å². The molecule has 0 saturated heterocycles. The zero-order valence-corrected chi connectivity index (χ0v) is 15.3. The van der Waals surface area contributed by atoms with Crippen LogP contribution in [0, 0.1) is 0 Å². The summed E-state index contributed by atoms with van der Waals surface area (Å²) in [5.74, 6) is 0.927. The summed E-state index contributed by atoms with van der Waals surface area (Å²) in [6.07, 6.45) is 1.13. The van der Waals surface area contributed by atoms with Crippen molar-refractivity contribution < 1.29 is 4.74 Å². The lowest BCUT2D eigenvalue weighted by Crippen LogP contribution is -2.14. The first-order valence-electron chi connectivity index (χ1n) is 6.55. The molecule has 1 heterocycles. The van der Waals surface area contributed by atoms with Crippen LogP contribution in [0.5, 0.6) is 5.75 Å². The van der Waals surface area contributed by atoms with Gasteiger partial charge in [0.1, 0.15) is 12.4 Å². The Balaban J connectivity index is 2.07. The summed E-state index contributed by atoms with van der Waals surface area (Å²) in [7, 11) is 0. The van der Waals surface area contributed by atoms with Crippen molar-refractivity contribution in [1.29, 1.82) is 0 Å². The lowest BCUT2D eigenvalue weighted by Gasteiger charge is -2.13. The highest BCUT2D eigenvalue weighted by Crippen LogP contribution is 2.31. The maximum atomic E-state index is 6.02. The summed E-state index contributed by atoms with van der Waals surface area (Å²) in [6, 6.07) is 8.21. The number of thiophene rings is 1. The van der Waals surface area contributed by atoms with E-state index < -0.39 is 0 Å². The van der Waals surface area contributed by atoms with Gasteiger partial charge >= 0.3 is 0 Å². The second-order valence-electron chi connectivity index (χ2n) is 4.39. The molecule has 0 fully saturated rings. The summed E-state index contributed by atoms with van der Waals surface area (Å²) in [5, 5.41) is 5.48. The number of hydrogen-bond donors (Lipinski definition) is 1. The Morgan fingerprint density at radius 1 is 1.20 bits per heavy atom. The number of halogens is 2. The largest absolute Gasteiger partial charge is 0.487 e. The molecule has 2 nitrogen and oxygen atoms in total. The van der Waals surface area contributed by atoms with E-state index in [2.05, 4.69) is 55.5 Å².